The largest absolute Gasteiger partial charge is 0.250 e. The summed E-state index contributed by atoms with van der Waals surface area (Å²) in [6.07, 6.45) is 3.07. The summed E-state index contributed by atoms with van der Waals surface area (Å²) in [6.45, 7) is 6.40. The third kappa shape index (κ3) is 2.15. The Bertz CT molecular complexity index is 58.6. The van der Waals surface area contributed by atoms with Crippen LogP contribution in [0.3, 0.4) is 0 Å². The van der Waals surface area contributed by atoms with Gasteiger partial charge < -0.3 is 0 Å². The van der Waals surface area contributed by atoms with Gasteiger partial charge in [0.1, 0.15) is 0 Å². The Morgan fingerprint density at radius 3 is 1.86 bits per heavy atom. The average Bonchev–Trinajstić information content (AvgIpc) is 1.72. The van der Waals surface area contributed by atoms with Crippen LogP contribution in [-0.2, 0) is 0 Å². The van der Waals surface area contributed by atoms with E-state index < -0.39 is 0 Å². The second kappa shape index (κ2) is 3.59. The molecule has 0 aromatic rings. The SMILES string of the molecule is C=CC(C=C)CF. The van der Waals surface area contributed by atoms with Gasteiger partial charge >= 0.3 is 0 Å². The minimum atomic E-state index is -0.382. The van der Waals surface area contributed by atoms with Crippen molar-refractivity contribution in [3.05, 3.63) is 25.3 Å². The zero-order valence-corrected chi connectivity index (χ0v) is 4.23. The van der Waals surface area contributed by atoms with E-state index in [1.165, 1.54) is 12.2 Å². The topological polar surface area (TPSA) is 0 Å². The fraction of sp³-hybridized carbons (Fsp3) is 0.333. The molecule has 0 radical (unpaired) electrons. The number of alkyl halides is 1. The van der Waals surface area contributed by atoms with Crippen LogP contribution in [0.4, 0.5) is 4.39 Å². The van der Waals surface area contributed by atoms with E-state index in [9.17, 15) is 4.39 Å². The highest BCUT2D eigenvalue weighted by Gasteiger charge is 1.91. The summed E-state index contributed by atoms with van der Waals surface area (Å²) in [5.74, 6) is -0.153. The number of allylic oxidation sites excluding steroid dienone is 2. The Morgan fingerprint density at radius 1 is 1.43 bits per heavy atom. The summed E-state index contributed by atoms with van der Waals surface area (Å²) >= 11 is 0. The molecule has 7 heavy (non-hydrogen) atoms. The van der Waals surface area contributed by atoms with Crippen LogP contribution in [-0.4, -0.2) is 6.67 Å². The predicted molar refractivity (Wildman–Crippen MR) is 29.9 cm³/mol. The van der Waals surface area contributed by atoms with E-state index in [0.717, 1.165) is 0 Å². The van der Waals surface area contributed by atoms with Crippen LogP contribution in [0.5, 0.6) is 0 Å². The van der Waals surface area contributed by atoms with E-state index in [-0.39, 0.29) is 12.6 Å². The van der Waals surface area contributed by atoms with Gasteiger partial charge in [-0.3, -0.25) is 4.39 Å². The fourth-order valence-electron chi connectivity index (χ4n) is 0.222. The molecule has 40 valence electrons. The second-order valence-electron chi connectivity index (χ2n) is 1.29. The third-order valence-corrected chi connectivity index (χ3v) is 0.784. The number of halogens is 1. The molecule has 0 bridgehead atoms. The van der Waals surface area contributed by atoms with E-state index in [4.69, 9.17) is 0 Å². The average molecular weight is 100 g/mol. The Morgan fingerprint density at radius 2 is 1.86 bits per heavy atom. The molecule has 0 aromatic heterocycles. The lowest BCUT2D eigenvalue weighted by Gasteiger charge is -1.93. The van der Waals surface area contributed by atoms with Crippen molar-refractivity contribution in [2.24, 2.45) is 5.92 Å². The molecule has 0 amide bonds. The maximum Gasteiger partial charge on any atom is 0.0991 e. The van der Waals surface area contributed by atoms with Gasteiger partial charge in [0.05, 0.1) is 6.67 Å². The van der Waals surface area contributed by atoms with Gasteiger partial charge in [-0.25, -0.2) is 0 Å². The van der Waals surface area contributed by atoms with Gasteiger partial charge in [-0.2, -0.15) is 0 Å². The summed E-state index contributed by atoms with van der Waals surface area (Å²) < 4.78 is 11.5. The lowest BCUT2D eigenvalue weighted by atomic mass is 10.2. The molecule has 0 unspecified atom stereocenters. The van der Waals surface area contributed by atoms with Crippen molar-refractivity contribution < 1.29 is 4.39 Å². The van der Waals surface area contributed by atoms with E-state index in [1.807, 2.05) is 0 Å². The van der Waals surface area contributed by atoms with Gasteiger partial charge in [-0.05, 0) is 0 Å². The van der Waals surface area contributed by atoms with E-state index in [1.54, 1.807) is 0 Å². The van der Waals surface area contributed by atoms with Crippen molar-refractivity contribution in [2.75, 3.05) is 6.67 Å². The zero-order valence-electron chi connectivity index (χ0n) is 4.23. The minimum absolute atomic E-state index is 0.153. The fourth-order valence-corrected chi connectivity index (χ4v) is 0.222. The molecule has 0 N–H and O–H groups in total. The van der Waals surface area contributed by atoms with Crippen LogP contribution < -0.4 is 0 Å². The number of rotatable bonds is 3. The molecule has 0 rings (SSSR count). The van der Waals surface area contributed by atoms with Crippen molar-refractivity contribution in [1.29, 1.82) is 0 Å². The first-order valence-electron chi connectivity index (χ1n) is 2.16. The lowest BCUT2D eigenvalue weighted by molar-refractivity contribution is 0.453. The molecule has 0 nitrogen and oxygen atoms in total. The van der Waals surface area contributed by atoms with E-state index in [0.29, 0.717) is 0 Å². The lowest BCUT2D eigenvalue weighted by Crippen LogP contribution is -1.90. The molecule has 0 spiro atoms. The first-order chi connectivity index (χ1) is 3.35. The summed E-state index contributed by atoms with van der Waals surface area (Å²) in [6, 6.07) is 0. The molecule has 0 fully saturated rings. The number of hydrogen-bond acceptors (Lipinski definition) is 0. The molecule has 0 atom stereocenters. The van der Waals surface area contributed by atoms with Crippen molar-refractivity contribution in [2.45, 2.75) is 0 Å². The molecule has 0 aliphatic rings. The summed E-state index contributed by atoms with van der Waals surface area (Å²) in [7, 11) is 0. The second-order valence-corrected chi connectivity index (χ2v) is 1.29. The number of hydrogen-bond donors (Lipinski definition) is 0. The molecule has 1 heteroatoms. The molecule has 0 saturated heterocycles. The monoisotopic (exact) mass is 100 g/mol. The Hall–Kier alpha value is -0.590. The van der Waals surface area contributed by atoms with Crippen LogP contribution >= 0.6 is 0 Å². The van der Waals surface area contributed by atoms with Crippen LogP contribution in [0.1, 0.15) is 0 Å². The van der Waals surface area contributed by atoms with Crippen LogP contribution in [0.2, 0.25) is 0 Å². The summed E-state index contributed by atoms with van der Waals surface area (Å²) in [5.41, 5.74) is 0. The summed E-state index contributed by atoms with van der Waals surface area (Å²) in [5, 5.41) is 0. The van der Waals surface area contributed by atoms with Crippen molar-refractivity contribution >= 4 is 0 Å². The minimum Gasteiger partial charge on any atom is -0.250 e. The van der Waals surface area contributed by atoms with Crippen LogP contribution in [0, 0.1) is 5.92 Å². The van der Waals surface area contributed by atoms with Gasteiger partial charge in [-0.15, -0.1) is 13.2 Å². The standard InChI is InChI=1S/C6H9F/c1-3-6(4-2)5-7/h3-4,6H,1-2,5H2. The highest BCUT2D eigenvalue weighted by atomic mass is 19.1. The predicted octanol–water partition coefficient (Wildman–Crippen LogP) is 1.94. The van der Waals surface area contributed by atoms with E-state index >= 15 is 0 Å². The molecular weight excluding hydrogens is 91.1 g/mol. The van der Waals surface area contributed by atoms with Gasteiger partial charge in [0.25, 0.3) is 0 Å². The molecular formula is C6H9F. The Labute approximate surface area is 43.4 Å². The van der Waals surface area contributed by atoms with Crippen molar-refractivity contribution in [3.8, 4) is 0 Å². The summed E-state index contributed by atoms with van der Waals surface area (Å²) in [4.78, 5) is 0. The highest BCUT2D eigenvalue weighted by Crippen LogP contribution is 1.97. The van der Waals surface area contributed by atoms with Crippen molar-refractivity contribution in [3.63, 3.8) is 0 Å². The normalized spacial score (nSPS) is 8.86. The van der Waals surface area contributed by atoms with Gasteiger partial charge in [0.2, 0.25) is 0 Å². The maximum atomic E-state index is 11.5. The zero-order chi connectivity index (χ0) is 5.70. The highest BCUT2D eigenvalue weighted by molar-refractivity contribution is 4.91. The van der Waals surface area contributed by atoms with Crippen molar-refractivity contribution in [1.82, 2.24) is 0 Å². The van der Waals surface area contributed by atoms with Crippen LogP contribution in [0.15, 0.2) is 25.3 Å². The molecule has 0 heterocycles. The quantitative estimate of drug-likeness (QED) is 0.475. The third-order valence-electron chi connectivity index (χ3n) is 0.784. The Kier molecular flexibility index (Phi) is 3.29. The maximum absolute atomic E-state index is 11.5. The molecule has 0 aliphatic heterocycles. The van der Waals surface area contributed by atoms with E-state index in [2.05, 4.69) is 13.2 Å². The first-order valence-corrected chi connectivity index (χ1v) is 2.16. The van der Waals surface area contributed by atoms with Gasteiger partial charge in [0, 0.05) is 5.92 Å². The van der Waals surface area contributed by atoms with Gasteiger partial charge in [-0.1, -0.05) is 12.2 Å². The smallest absolute Gasteiger partial charge is 0.0991 e. The molecule has 0 saturated carbocycles. The molecule has 0 aliphatic carbocycles. The molecule has 0 aromatic carbocycles. The van der Waals surface area contributed by atoms with Gasteiger partial charge in [0.15, 0.2) is 0 Å². The Balaban J connectivity index is 3.36. The van der Waals surface area contributed by atoms with Crippen LogP contribution in [0.25, 0.3) is 0 Å². The first kappa shape index (κ1) is 6.41.